The lowest BCUT2D eigenvalue weighted by Gasteiger charge is -2.33. The monoisotopic (exact) mass is 1010 g/mol. The van der Waals surface area contributed by atoms with Gasteiger partial charge in [-0.3, -0.25) is 52.9 Å². The van der Waals surface area contributed by atoms with Crippen molar-refractivity contribution in [2.75, 3.05) is 25.4 Å². The van der Waals surface area contributed by atoms with Gasteiger partial charge in [0.1, 0.15) is 35.7 Å². The van der Waals surface area contributed by atoms with Crippen LogP contribution in [0.5, 0.6) is 0 Å². The molecule has 2 aromatic rings. The first kappa shape index (κ1) is 55.8. The van der Waals surface area contributed by atoms with E-state index in [0.717, 1.165) is 21.5 Å². The van der Waals surface area contributed by atoms with E-state index < -0.39 is 126 Å². The van der Waals surface area contributed by atoms with Gasteiger partial charge in [0.2, 0.25) is 53.2 Å². The van der Waals surface area contributed by atoms with E-state index in [2.05, 4.69) is 42.2 Å². The van der Waals surface area contributed by atoms with Crippen molar-refractivity contribution < 1.29 is 53.1 Å². The molecular weight excluding hydrogens is 951 g/mol. The molecule has 0 saturated carbocycles. The largest absolute Gasteiger partial charge is 0.391 e. The third kappa shape index (κ3) is 17.3. The zero-order valence-corrected chi connectivity index (χ0v) is 40.5. The van der Waals surface area contributed by atoms with Crippen LogP contribution in [0.25, 0.3) is 0 Å². The van der Waals surface area contributed by atoms with Crippen LogP contribution in [0.1, 0.15) is 69.2 Å². The maximum atomic E-state index is 14.6. The van der Waals surface area contributed by atoms with Crippen LogP contribution in [-0.4, -0.2) is 148 Å². The summed E-state index contributed by atoms with van der Waals surface area (Å²) in [4.78, 5) is 141. The van der Waals surface area contributed by atoms with E-state index in [1.807, 2.05) is 0 Å². The number of amides is 10. The summed E-state index contributed by atoms with van der Waals surface area (Å²) in [7, 11) is 0. The van der Waals surface area contributed by atoms with Crippen molar-refractivity contribution in [3.63, 3.8) is 0 Å². The highest BCUT2D eigenvalue weighted by Crippen LogP contribution is 2.24. The lowest BCUT2D eigenvalue weighted by Crippen LogP contribution is -2.64. The summed E-state index contributed by atoms with van der Waals surface area (Å²) >= 11 is 2.17. The molecule has 0 aliphatic carbocycles. The fourth-order valence-corrected chi connectivity index (χ4v) is 9.24. The predicted molar refractivity (Wildman–Crippen MR) is 258 cm³/mol. The van der Waals surface area contributed by atoms with Crippen molar-refractivity contribution in [2.45, 2.75) is 119 Å². The SMILES string of the molecule is CC[C@@]1(C)NC(=O)[C@H](Cc2cccs2)NC(=O)[C@@H](Cc2ccccc2)NC(=O)CCCSC(C(=O)N2C[C@H](O)C[C@H]2C(=O)N[C@H](CCCN=C(N)N)C(=O)NCC(N)=O)NC(=O)[C@H](CC(N)=O)NC1=O. The zero-order chi connectivity index (χ0) is 51.5. The number of carbonyl (C=O) groups is 10. The molecule has 2 aliphatic heterocycles. The van der Waals surface area contributed by atoms with E-state index in [0.29, 0.717) is 5.56 Å². The molecule has 0 bridgehead atoms. The van der Waals surface area contributed by atoms with Crippen LogP contribution in [0.15, 0.2) is 52.8 Å². The van der Waals surface area contributed by atoms with Crippen molar-refractivity contribution in [1.82, 2.24) is 42.1 Å². The highest BCUT2D eigenvalue weighted by atomic mass is 32.2. The van der Waals surface area contributed by atoms with Crippen molar-refractivity contribution in [3.8, 4) is 0 Å². The fraction of sp³-hybridized carbons (Fsp3) is 0.523. The number of guanidine groups is 1. The van der Waals surface area contributed by atoms with Gasteiger partial charge in [0.05, 0.1) is 19.1 Å². The van der Waals surface area contributed by atoms with Crippen LogP contribution in [0.3, 0.4) is 0 Å². The number of carbonyl (C=O) groups excluding carboxylic acids is 10. The Hall–Kier alpha value is -6.80. The molecule has 70 heavy (non-hydrogen) atoms. The van der Waals surface area contributed by atoms with E-state index in [1.165, 1.54) is 18.3 Å². The predicted octanol–water partition coefficient (Wildman–Crippen LogP) is -3.78. The third-order valence-electron chi connectivity index (χ3n) is 11.4. The number of hydrogen-bond acceptors (Lipinski definition) is 14. The van der Waals surface area contributed by atoms with Gasteiger partial charge in [0.15, 0.2) is 11.3 Å². The Labute approximate surface area is 412 Å². The zero-order valence-electron chi connectivity index (χ0n) is 38.9. The van der Waals surface area contributed by atoms with Gasteiger partial charge in [-0.1, -0.05) is 43.3 Å². The first-order valence-corrected chi connectivity index (χ1v) is 24.5. The average Bonchev–Trinajstić information content (AvgIpc) is 3.98. The number of thiophene rings is 1. The Bertz CT molecular complexity index is 2230. The number of benzene rings is 1. The minimum atomic E-state index is -1.76. The minimum absolute atomic E-state index is 0.00682. The third-order valence-corrected chi connectivity index (χ3v) is 13.5. The number of likely N-dealkylation sites (tertiary alicyclic amines) is 1. The molecule has 1 unspecified atom stereocenters. The first-order valence-electron chi connectivity index (χ1n) is 22.6. The molecule has 1 aromatic heterocycles. The van der Waals surface area contributed by atoms with Gasteiger partial charge in [0, 0.05) is 43.6 Å². The number of nitrogens with one attached hydrogen (secondary N) is 7. The number of aliphatic hydroxyl groups excluding tert-OH is 1. The summed E-state index contributed by atoms with van der Waals surface area (Å²) in [6, 6.07) is 5.61. The van der Waals surface area contributed by atoms with Crippen LogP contribution in [0.2, 0.25) is 0 Å². The lowest BCUT2D eigenvalue weighted by molar-refractivity contribution is -0.141. The van der Waals surface area contributed by atoms with Gasteiger partial charge in [-0.25, -0.2) is 0 Å². The smallest absolute Gasteiger partial charge is 0.256 e. The first-order chi connectivity index (χ1) is 33.2. The van der Waals surface area contributed by atoms with Crippen LogP contribution in [-0.2, 0) is 60.8 Å². The average molecular weight is 1010 g/mol. The summed E-state index contributed by atoms with van der Waals surface area (Å²) in [5.41, 5.74) is 20.5. The summed E-state index contributed by atoms with van der Waals surface area (Å²) in [5, 5.41) is 29.2. The molecule has 24 nitrogen and oxygen atoms in total. The Kier molecular flexibility index (Phi) is 21.4. The van der Waals surface area contributed by atoms with Gasteiger partial charge in [-0.15, -0.1) is 23.1 Å². The van der Waals surface area contributed by atoms with E-state index in [-0.39, 0.29) is 69.6 Å². The number of nitrogens with two attached hydrogens (primary N) is 4. The normalized spacial score (nSPS) is 24.4. The molecule has 0 radical (unpaired) electrons. The van der Waals surface area contributed by atoms with Crippen LogP contribution in [0, 0.1) is 0 Å². The molecule has 2 aliphatic rings. The van der Waals surface area contributed by atoms with Gasteiger partial charge < -0.3 is 70.2 Å². The fourth-order valence-electron chi connectivity index (χ4n) is 7.46. The Morgan fingerprint density at radius 2 is 1.59 bits per heavy atom. The molecule has 10 amide bonds. The maximum Gasteiger partial charge on any atom is 0.256 e. The summed E-state index contributed by atoms with van der Waals surface area (Å²) in [6.45, 7) is 2.10. The summed E-state index contributed by atoms with van der Waals surface area (Å²) in [6.07, 6.45) is -2.22. The van der Waals surface area contributed by atoms with E-state index in [9.17, 15) is 53.1 Å². The number of aliphatic hydroxyl groups is 1. The number of nitrogens with zero attached hydrogens (tertiary/aromatic N) is 2. The lowest BCUT2D eigenvalue weighted by atomic mass is 9.95. The standard InChI is InChI=1S/C44H63N13O11S2/c1-3-44(2)42(68)54-30(21-32(45)59)37(64)55-40(41(67)57-23-25(58)19-31(57)39(66)52-27(13-7-15-49-43(47)48)35(62)50-22-33(46)60)70-17-9-14-34(61)51-28(18-24-10-5-4-6-11-24)36(63)53-29(38(65)56-44)20-26-12-8-16-69-26/h4-6,8,10-12,16,25,27-31,40,58H,3,7,9,13-15,17-23H2,1-2H3,(H2,45,59)(H2,46,60)(H,50,62)(H,51,61)(H,52,66)(H,53,63)(H,54,68)(H,55,64)(H,56,65)(H4,47,48,49)/t25-,27-,28-,29+,30+,31+,40?,44-/m1/s1. The van der Waals surface area contributed by atoms with E-state index in [4.69, 9.17) is 22.9 Å². The van der Waals surface area contributed by atoms with Crippen molar-refractivity contribution in [1.29, 1.82) is 0 Å². The number of thioether (sulfide) groups is 1. The van der Waals surface area contributed by atoms with Crippen molar-refractivity contribution in [2.24, 2.45) is 27.9 Å². The number of β-amino-alcohol motifs (C(OH)–C–C–N with tert-alkyl or cyclic N) is 1. The Morgan fingerprint density at radius 3 is 2.23 bits per heavy atom. The second-order valence-corrected chi connectivity index (χ2v) is 19.2. The molecular formula is C44H63N13O11S2. The maximum absolute atomic E-state index is 14.6. The molecule has 2 fully saturated rings. The van der Waals surface area contributed by atoms with Crippen LogP contribution >= 0.6 is 23.1 Å². The van der Waals surface area contributed by atoms with Gasteiger partial charge in [0.25, 0.3) is 5.91 Å². The number of primary amides is 2. The molecule has 16 N–H and O–H groups in total. The number of rotatable bonds is 17. The van der Waals surface area contributed by atoms with E-state index in [1.54, 1.807) is 54.8 Å². The van der Waals surface area contributed by atoms with E-state index >= 15 is 0 Å². The molecule has 4 rings (SSSR count). The van der Waals surface area contributed by atoms with Crippen molar-refractivity contribution >= 4 is 88.1 Å². The highest BCUT2D eigenvalue weighted by molar-refractivity contribution is 8.00. The summed E-state index contributed by atoms with van der Waals surface area (Å²) in [5.74, 6) is -8.61. The number of aliphatic imine (C=N–C) groups is 1. The minimum Gasteiger partial charge on any atom is -0.391 e. The molecule has 1 aromatic carbocycles. The topological polar surface area (TPSA) is 395 Å². The van der Waals surface area contributed by atoms with Gasteiger partial charge in [-0.2, -0.15) is 0 Å². The summed E-state index contributed by atoms with van der Waals surface area (Å²) < 4.78 is 0. The van der Waals surface area contributed by atoms with Crippen LogP contribution < -0.4 is 60.2 Å². The second-order valence-electron chi connectivity index (χ2n) is 17.0. The molecule has 0 spiro atoms. The van der Waals surface area contributed by atoms with Gasteiger partial charge >= 0.3 is 0 Å². The second kappa shape index (κ2) is 26.8. The quantitative estimate of drug-likeness (QED) is 0.0411. The highest BCUT2D eigenvalue weighted by Gasteiger charge is 2.44. The Balaban J connectivity index is 1.68. The molecule has 8 atom stereocenters. The van der Waals surface area contributed by atoms with Gasteiger partial charge in [-0.05, 0) is 55.4 Å². The molecule has 2 saturated heterocycles. The number of hydrogen-bond donors (Lipinski definition) is 12. The molecule has 26 heteroatoms. The van der Waals surface area contributed by atoms with Crippen molar-refractivity contribution in [3.05, 3.63) is 58.3 Å². The molecule has 3 heterocycles. The molecule has 382 valence electrons. The Morgan fingerprint density at radius 1 is 0.886 bits per heavy atom. The van der Waals surface area contributed by atoms with Crippen LogP contribution in [0.4, 0.5) is 0 Å².